The molecule has 2 rings (SSSR count). The number of nitrogens with one attached hydrogen (secondary N) is 3. The van der Waals surface area contributed by atoms with Gasteiger partial charge in [0.05, 0.1) is 0 Å². The van der Waals surface area contributed by atoms with Gasteiger partial charge in [0.2, 0.25) is 10.2 Å². The molecule has 0 fully saturated rings. The molecule has 10 heteroatoms. The third kappa shape index (κ3) is 2.49. The maximum atomic E-state index is 12.1. The second-order valence-electron chi connectivity index (χ2n) is 3.51. The molecular formula is C8H12N6O2S2. The SMILES string of the molecule is CNCc1c(S(=O)(=O)Nc2nncs2)n[nH]c1C. The minimum Gasteiger partial charge on any atom is -0.316 e. The van der Waals surface area contributed by atoms with Gasteiger partial charge >= 0.3 is 0 Å². The quantitative estimate of drug-likeness (QED) is 0.718. The molecule has 0 bridgehead atoms. The molecule has 0 atom stereocenters. The molecule has 0 radical (unpaired) electrons. The Labute approximate surface area is 108 Å². The Morgan fingerprint density at radius 3 is 2.89 bits per heavy atom. The highest BCUT2D eigenvalue weighted by Gasteiger charge is 2.24. The van der Waals surface area contributed by atoms with Crippen LogP contribution < -0.4 is 10.0 Å². The number of H-pyrrole nitrogens is 1. The van der Waals surface area contributed by atoms with Crippen LogP contribution in [0.3, 0.4) is 0 Å². The number of rotatable bonds is 5. The zero-order valence-corrected chi connectivity index (χ0v) is 11.4. The first kappa shape index (κ1) is 12.9. The van der Waals surface area contributed by atoms with Crippen molar-refractivity contribution in [1.82, 2.24) is 25.7 Å². The molecule has 0 spiro atoms. The minimum absolute atomic E-state index is 0.0236. The summed E-state index contributed by atoms with van der Waals surface area (Å²) in [7, 11) is -2.00. The van der Waals surface area contributed by atoms with Crippen LogP contribution in [0.4, 0.5) is 5.13 Å². The van der Waals surface area contributed by atoms with Gasteiger partial charge in [-0.05, 0) is 14.0 Å². The first-order chi connectivity index (χ1) is 8.54. The summed E-state index contributed by atoms with van der Waals surface area (Å²) in [6.07, 6.45) is 0. The lowest BCUT2D eigenvalue weighted by atomic mass is 10.3. The lowest BCUT2D eigenvalue weighted by Gasteiger charge is -2.04. The summed E-state index contributed by atoms with van der Waals surface area (Å²) in [6, 6.07) is 0. The Bertz CT molecular complexity index is 618. The van der Waals surface area contributed by atoms with E-state index in [1.165, 1.54) is 5.51 Å². The molecule has 0 aliphatic rings. The Morgan fingerprint density at radius 2 is 2.28 bits per heavy atom. The average molecular weight is 288 g/mol. The molecule has 8 nitrogen and oxygen atoms in total. The van der Waals surface area contributed by atoms with Gasteiger partial charge in [-0.25, -0.2) is 0 Å². The Hall–Kier alpha value is -1.52. The van der Waals surface area contributed by atoms with Crippen molar-refractivity contribution in [2.45, 2.75) is 18.5 Å². The van der Waals surface area contributed by atoms with Gasteiger partial charge in [0.15, 0.2) is 0 Å². The van der Waals surface area contributed by atoms with Gasteiger partial charge in [0.25, 0.3) is 10.0 Å². The van der Waals surface area contributed by atoms with Crippen molar-refractivity contribution in [2.75, 3.05) is 11.8 Å². The van der Waals surface area contributed by atoms with Gasteiger partial charge in [-0.15, -0.1) is 10.2 Å². The molecule has 3 N–H and O–H groups in total. The van der Waals surface area contributed by atoms with E-state index >= 15 is 0 Å². The van der Waals surface area contributed by atoms with E-state index < -0.39 is 10.0 Å². The summed E-state index contributed by atoms with van der Waals surface area (Å²) >= 11 is 1.10. The van der Waals surface area contributed by atoms with Crippen LogP contribution in [0, 0.1) is 6.92 Å². The fraction of sp³-hybridized carbons (Fsp3) is 0.375. The van der Waals surface area contributed by atoms with Crippen LogP contribution >= 0.6 is 11.3 Å². The molecule has 18 heavy (non-hydrogen) atoms. The van der Waals surface area contributed by atoms with Crippen molar-refractivity contribution in [3.8, 4) is 0 Å². The van der Waals surface area contributed by atoms with Crippen LogP contribution in [-0.2, 0) is 16.6 Å². The van der Waals surface area contributed by atoms with Crippen molar-refractivity contribution in [3.05, 3.63) is 16.8 Å². The average Bonchev–Trinajstić information content (AvgIpc) is 2.90. The lowest BCUT2D eigenvalue weighted by molar-refractivity contribution is 0.595. The zero-order chi connectivity index (χ0) is 13.2. The first-order valence-corrected chi connectivity index (χ1v) is 7.38. The molecule has 98 valence electrons. The minimum atomic E-state index is -3.74. The number of aryl methyl sites for hydroxylation is 1. The number of sulfonamides is 1. The standard InChI is InChI=1S/C8H12N6O2S2/c1-5-6(3-9-2)7(12-11-5)18(15,16)14-8-13-10-4-17-8/h4,9H,3H2,1-2H3,(H,11,12)(H,13,14). The second kappa shape index (κ2) is 5.00. The largest absolute Gasteiger partial charge is 0.316 e. The molecule has 0 saturated carbocycles. The van der Waals surface area contributed by atoms with Gasteiger partial charge < -0.3 is 5.32 Å². The van der Waals surface area contributed by atoms with E-state index in [2.05, 4.69) is 30.4 Å². The Morgan fingerprint density at radius 1 is 1.50 bits per heavy atom. The summed E-state index contributed by atoms with van der Waals surface area (Å²) in [6.45, 7) is 2.18. The van der Waals surface area contributed by atoms with E-state index in [1.54, 1.807) is 14.0 Å². The van der Waals surface area contributed by atoms with Crippen LogP contribution in [-0.4, -0.2) is 35.9 Å². The van der Waals surface area contributed by atoms with E-state index in [0.717, 1.165) is 11.3 Å². The van der Waals surface area contributed by atoms with E-state index in [4.69, 9.17) is 0 Å². The first-order valence-electron chi connectivity index (χ1n) is 5.02. The molecule has 0 saturated heterocycles. The van der Waals surface area contributed by atoms with Crippen molar-refractivity contribution < 1.29 is 8.42 Å². The van der Waals surface area contributed by atoms with E-state index in [9.17, 15) is 8.42 Å². The third-order valence-corrected chi connectivity index (χ3v) is 4.27. The molecule has 0 aliphatic heterocycles. The third-order valence-electron chi connectivity index (χ3n) is 2.23. The second-order valence-corrected chi connectivity index (χ2v) is 5.94. The van der Waals surface area contributed by atoms with Crippen LogP contribution in [0.25, 0.3) is 0 Å². The number of aromatic amines is 1. The van der Waals surface area contributed by atoms with Gasteiger partial charge in [0.1, 0.15) is 5.51 Å². The summed E-state index contributed by atoms with van der Waals surface area (Å²) in [5.74, 6) is 0. The van der Waals surface area contributed by atoms with E-state index in [0.29, 0.717) is 17.8 Å². The van der Waals surface area contributed by atoms with Crippen molar-refractivity contribution in [1.29, 1.82) is 0 Å². The molecule has 0 aliphatic carbocycles. The number of aromatic nitrogens is 4. The maximum absolute atomic E-state index is 12.1. The molecule has 0 amide bonds. The van der Waals surface area contributed by atoms with E-state index in [-0.39, 0.29) is 10.2 Å². The summed E-state index contributed by atoms with van der Waals surface area (Å²) in [4.78, 5) is 0. The number of hydrogen-bond donors (Lipinski definition) is 3. The molecule has 2 aromatic rings. The molecule has 0 aromatic carbocycles. The Balaban J connectivity index is 2.35. The molecule has 0 unspecified atom stereocenters. The molecule has 2 heterocycles. The van der Waals surface area contributed by atoms with E-state index in [1.807, 2.05) is 0 Å². The van der Waals surface area contributed by atoms with Crippen molar-refractivity contribution in [3.63, 3.8) is 0 Å². The topological polar surface area (TPSA) is 113 Å². The zero-order valence-electron chi connectivity index (χ0n) is 9.76. The van der Waals surface area contributed by atoms with Gasteiger partial charge in [0, 0.05) is 17.8 Å². The fourth-order valence-corrected chi connectivity index (χ4v) is 3.31. The predicted molar refractivity (Wildman–Crippen MR) is 66.8 cm³/mol. The summed E-state index contributed by atoms with van der Waals surface area (Å²) in [5.41, 5.74) is 2.76. The smallest absolute Gasteiger partial charge is 0.283 e. The van der Waals surface area contributed by atoms with Gasteiger partial charge in [-0.2, -0.15) is 13.5 Å². The number of anilines is 1. The molecular weight excluding hydrogens is 276 g/mol. The van der Waals surface area contributed by atoms with Gasteiger partial charge in [-0.1, -0.05) is 11.3 Å². The fourth-order valence-electron chi connectivity index (χ4n) is 1.42. The summed E-state index contributed by atoms with van der Waals surface area (Å²) in [5, 5.41) is 16.8. The lowest BCUT2D eigenvalue weighted by Crippen LogP contribution is -2.17. The normalized spacial score (nSPS) is 11.7. The number of hydrogen-bond acceptors (Lipinski definition) is 7. The van der Waals surface area contributed by atoms with Crippen LogP contribution in [0.15, 0.2) is 10.5 Å². The number of nitrogens with zero attached hydrogens (tertiary/aromatic N) is 3. The van der Waals surface area contributed by atoms with Crippen molar-refractivity contribution >= 4 is 26.5 Å². The highest BCUT2D eigenvalue weighted by Crippen LogP contribution is 2.20. The van der Waals surface area contributed by atoms with Crippen LogP contribution in [0.5, 0.6) is 0 Å². The predicted octanol–water partition coefficient (Wildman–Crippen LogP) is 0.0898. The van der Waals surface area contributed by atoms with Crippen LogP contribution in [0.2, 0.25) is 0 Å². The van der Waals surface area contributed by atoms with Gasteiger partial charge in [-0.3, -0.25) is 9.82 Å². The monoisotopic (exact) mass is 288 g/mol. The Kier molecular flexibility index (Phi) is 3.59. The highest BCUT2D eigenvalue weighted by atomic mass is 32.2. The van der Waals surface area contributed by atoms with Crippen molar-refractivity contribution in [2.24, 2.45) is 0 Å². The molecule has 2 aromatic heterocycles. The maximum Gasteiger partial charge on any atom is 0.283 e. The summed E-state index contributed by atoms with van der Waals surface area (Å²) < 4.78 is 26.6. The van der Waals surface area contributed by atoms with Crippen LogP contribution in [0.1, 0.15) is 11.3 Å². The highest BCUT2D eigenvalue weighted by molar-refractivity contribution is 7.92.